The Hall–Kier alpha value is -1.97. The summed E-state index contributed by atoms with van der Waals surface area (Å²) in [6, 6.07) is 5.49. The molecule has 22 heavy (non-hydrogen) atoms. The van der Waals surface area contributed by atoms with Gasteiger partial charge in [0.15, 0.2) is 0 Å². The summed E-state index contributed by atoms with van der Waals surface area (Å²) in [5.74, 6) is 0.341. The molecule has 114 valence electrons. The molecule has 1 saturated carbocycles. The molecule has 4 rings (SSSR count). The van der Waals surface area contributed by atoms with Gasteiger partial charge < -0.3 is 0 Å². The summed E-state index contributed by atoms with van der Waals surface area (Å²) in [4.78, 5) is 31.8. The molecule has 4 heteroatoms. The van der Waals surface area contributed by atoms with Crippen LogP contribution in [0.5, 0.6) is 0 Å². The van der Waals surface area contributed by atoms with Gasteiger partial charge in [-0.15, -0.1) is 0 Å². The first-order valence-electron chi connectivity index (χ1n) is 8.18. The van der Waals surface area contributed by atoms with E-state index in [1.54, 1.807) is 6.20 Å². The minimum absolute atomic E-state index is 0.0240. The van der Waals surface area contributed by atoms with Gasteiger partial charge >= 0.3 is 0 Å². The highest BCUT2D eigenvalue weighted by atomic mass is 16.2. The Morgan fingerprint density at radius 1 is 1.18 bits per heavy atom. The van der Waals surface area contributed by atoms with Crippen molar-refractivity contribution in [2.45, 2.75) is 32.2 Å². The fraction of sp³-hybridized carbons (Fsp3) is 0.500. The monoisotopic (exact) mass is 296 g/mol. The molecule has 1 aliphatic heterocycles. The van der Waals surface area contributed by atoms with Crippen molar-refractivity contribution in [2.75, 3.05) is 0 Å². The van der Waals surface area contributed by atoms with Crippen molar-refractivity contribution in [3.63, 3.8) is 0 Å². The molecule has 1 saturated heterocycles. The zero-order valence-electron chi connectivity index (χ0n) is 12.7. The highest BCUT2D eigenvalue weighted by Gasteiger charge is 2.60. The van der Waals surface area contributed by atoms with Crippen LogP contribution in [0.1, 0.15) is 37.9 Å². The van der Waals surface area contributed by atoms with Crippen LogP contribution in [0.2, 0.25) is 0 Å². The van der Waals surface area contributed by atoms with Crippen LogP contribution in [-0.2, 0) is 9.59 Å². The topological polar surface area (TPSA) is 50.3 Å². The van der Waals surface area contributed by atoms with Crippen LogP contribution in [0.4, 0.5) is 0 Å². The number of nitrogens with zero attached hydrogens (tertiary/aromatic N) is 2. The van der Waals surface area contributed by atoms with E-state index in [1.165, 1.54) is 4.90 Å². The molecule has 2 heterocycles. The summed E-state index contributed by atoms with van der Waals surface area (Å²) in [7, 11) is 0. The van der Waals surface area contributed by atoms with E-state index < -0.39 is 0 Å². The molecule has 0 radical (unpaired) electrons. The second-order valence-electron chi connectivity index (χ2n) is 6.61. The zero-order chi connectivity index (χ0) is 15.3. The van der Waals surface area contributed by atoms with E-state index in [9.17, 15) is 9.59 Å². The van der Waals surface area contributed by atoms with E-state index in [1.807, 2.05) is 18.2 Å². The third kappa shape index (κ3) is 1.79. The van der Waals surface area contributed by atoms with Gasteiger partial charge in [-0.2, -0.15) is 0 Å². The second kappa shape index (κ2) is 5.04. The number of likely N-dealkylation sites (tertiary alicyclic amines) is 1. The number of hydrogen-bond acceptors (Lipinski definition) is 3. The van der Waals surface area contributed by atoms with Gasteiger partial charge in [0.1, 0.15) is 0 Å². The van der Waals surface area contributed by atoms with E-state index in [-0.39, 0.29) is 41.5 Å². The predicted octanol–water partition coefficient (Wildman–Crippen LogP) is 2.73. The molecule has 0 spiro atoms. The van der Waals surface area contributed by atoms with Crippen LogP contribution in [0, 0.1) is 23.7 Å². The maximum absolute atomic E-state index is 12.9. The summed E-state index contributed by atoms with van der Waals surface area (Å²) in [6.45, 7) is 2.08. The van der Waals surface area contributed by atoms with Crippen molar-refractivity contribution in [2.24, 2.45) is 23.7 Å². The van der Waals surface area contributed by atoms with Crippen molar-refractivity contribution in [1.82, 2.24) is 9.88 Å². The number of aromatic nitrogens is 1. The fourth-order valence-electron chi connectivity index (χ4n) is 4.49. The number of carbonyl (C=O) groups is 2. The number of rotatable bonds is 4. The molecule has 0 N–H and O–H groups in total. The Morgan fingerprint density at radius 3 is 2.41 bits per heavy atom. The molecular formula is C18H20N2O2. The standard InChI is InChI=1S/C18H20N2O2/c1-2-5-14(13-6-3-4-9-19-13)20-17(21)15-11-7-8-12(10-11)16(15)18(20)22/h3-4,6-9,11-12,14-16H,2,5,10H2,1H3/t11-,12+,14-,15+,16-/m1/s1. The third-order valence-corrected chi connectivity index (χ3v) is 5.41. The summed E-state index contributed by atoms with van der Waals surface area (Å²) >= 11 is 0. The van der Waals surface area contributed by atoms with Gasteiger partial charge in [0.05, 0.1) is 23.6 Å². The van der Waals surface area contributed by atoms with E-state index in [0.29, 0.717) is 0 Å². The molecule has 2 aliphatic carbocycles. The summed E-state index contributed by atoms with van der Waals surface area (Å²) in [5.41, 5.74) is 0.825. The number of imide groups is 1. The van der Waals surface area contributed by atoms with E-state index in [2.05, 4.69) is 24.1 Å². The largest absolute Gasteiger partial charge is 0.274 e. The number of amides is 2. The predicted molar refractivity (Wildman–Crippen MR) is 81.5 cm³/mol. The van der Waals surface area contributed by atoms with Gasteiger partial charge in [0.25, 0.3) is 0 Å². The molecule has 2 bridgehead atoms. The zero-order valence-corrected chi connectivity index (χ0v) is 12.7. The Kier molecular flexibility index (Phi) is 3.13. The Labute approximate surface area is 130 Å². The van der Waals surface area contributed by atoms with Gasteiger partial charge in [0.2, 0.25) is 11.8 Å². The number of hydrogen-bond donors (Lipinski definition) is 0. The van der Waals surface area contributed by atoms with Crippen LogP contribution < -0.4 is 0 Å². The molecule has 2 amide bonds. The van der Waals surface area contributed by atoms with Gasteiger partial charge in [-0.1, -0.05) is 31.6 Å². The first-order valence-corrected chi connectivity index (χ1v) is 8.18. The Balaban J connectivity index is 1.69. The number of carbonyl (C=O) groups excluding carboxylic acids is 2. The second-order valence-corrected chi connectivity index (χ2v) is 6.61. The van der Waals surface area contributed by atoms with Crippen LogP contribution >= 0.6 is 0 Å². The quantitative estimate of drug-likeness (QED) is 0.634. The van der Waals surface area contributed by atoms with Gasteiger partial charge in [-0.05, 0) is 36.8 Å². The SMILES string of the molecule is CCC[C@H](c1ccccn1)N1C(=O)[C@@H]2[C@H](C1=O)[C@H]1C=C[C@@H]2C1. The van der Waals surface area contributed by atoms with Crippen molar-refractivity contribution >= 4 is 11.8 Å². The van der Waals surface area contributed by atoms with Crippen molar-refractivity contribution < 1.29 is 9.59 Å². The highest BCUT2D eigenvalue weighted by molar-refractivity contribution is 6.06. The normalized spacial score (nSPS) is 33.6. The lowest BCUT2D eigenvalue weighted by Crippen LogP contribution is -2.37. The number of fused-ring (bicyclic) bond motifs is 5. The van der Waals surface area contributed by atoms with Crippen molar-refractivity contribution in [3.8, 4) is 0 Å². The first-order chi connectivity index (χ1) is 10.7. The van der Waals surface area contributed by atoms with Crippen molar-refractivity contribution in [1.29, 1.82) is 0 Å². The first kappa shape index (κ1) is 13.7. The highest BCUT2D eigenvalue weighted by Crippen LogP contribution is 2.54. The lowest BCUT2D eigenvalue weighted by Gasteiger charge is -2.27. The number of allylic oxidation sites excluding steroid dienone is 2. The lowest BCUT2D eigenvalue weighted by atomic mass is 9.85. The maximum atomic E-state index is 12.9. The molecule has 0 unspecified atom stereocenters. The molecule has 2 fully saturated rings. The van der Waals surface area contributed by atoms with E-state index in [4.69, 9.17) is 0 Å². The van der Waals surface area contributed by atoms with Crippen molar-refractivity contribution in [3.05, 3.63) is 42.2 Å². The van der Waals surface area contributed by atoms with E-state index >= 15 is 0 Å². The van der Waals surface area contributed by atoms with Crippen LogP contribution in [-0.4, -0.2) is 21.7 Å². The smallest absolute Gasteiger partial charge is 0.234 e. The molecule has 0 aromatic carbocycles. The van der Waals surface area contributed by atoms with Crippen LogP contribution in [0.15, 0.2) is 36.5 Å². The Bertz CT molecular complexity index is 610. The molecule has 1 aromatic heterocycles. The summed E-state index contributed by atoms with van der Waals surface area (Å²) < 4.78 is 0. The van der Waals surface area contributed by atoms with E-state index in [0.717, 1.165) is 25.0 Å². The van der Waals surface area contributed by atoms with Gasteiger partial charge in [0, 0.05) is 6.20 Å². The maximum Gasteiger partial charge on any atom is 0.234 e. The average Bonchev–Trinajstić information content (AvgIpc) is 3.21. The third-order valence-electron chi connectivity index (χ3n) is 5.41. The molecule has 4 nitrogen and oxygen atoms in total. The molecule has 3 aliphatic rings. The summed E-state index contributed by atoms with van der Waals surface area (Å²) in [5, 5.41) is 0. The summed E-state index contributed by atoms with van der Waals surface area (Å²) in [6.07, 6.45) is 8.67. The average molecular weight is 296 g/mol. The van der Waals surface area contributed by atoms with Crippen LogP contribution in [0.3, 0.4) is 0 Å². The molecule has 5 atom stereocenters. The van der Waals surface area contributed by atoms with Crippen LogP contribution in [0.25, 0.3) is 0 Å². The van der Waals surface area contributed by atoms with Gasteiger partial charge in [-0.25, -0.2) is 0 Å². The molecular weight excluding hydrogens is 276 g/mol. The minimum Gasteiger partial charge on any atom is -0.274 e. The fourth-order valence-corrected chi connectivity index (χ4v) is 4.49. The Morgan fingerprint density at radius 2 is 1.86 bits per heavy atom. The number of pyridine rings is 1. The lowest BCUT2D eigenvalue weighted by molar-refractivity contribution is -0.144. The molecule has 1 aromatic rings. The van der Waals surface area contributed by atoms with Gasteiger partial charge in [-0.3, -0.25) is 19.5 Å². The minimum atomic E-state index is -0.212.